The Morgan fingerprint density at radius 1 is 1.33 bits per heavy atom. The molecule has 2 unspecified atom stereocenters. The molecule has 0 spiro atoms. The average molecular weight is 250 g/mol. The molecule has 2 bridgehead atoms. The van der Waals surface area contributed by atoms with Crippen LogP contribution in [0.5, 0.6) is 0 Å². The van der Waals surface area contributed by atoms with Crippen molar-refractivity contribution in [3.63, 3.8) is 0 Å². The van der Waals surface area contributed by atoms with E-state index in [0.29, 0.717) is 11.7 Å². The molecule has 5 heteroatoms. The first-order valence-corrected chi connectivity index (χ1v) is 6.65. The molecule has 0 aromatic carbocycles. The van der Waals surface area contributed by atoms with E-state index in [0.717, 1.165) is 18.6 Å². The van der Waals surface area contributed by atoms with E-state index in [1.54, 1.807) is 0 Å². The monoisotopic (exact) mass is 250 g/mol. The van der Waals surface area contributed by atoms with E-state index >= 15 is 0 Å². The normalized spacial score (nSPS) is 31.6. The first-order valence-electron chi connectivity index (χ1n) is 6.65. The average Bonchev–Trinajstić information content (AvgIpc) is 2.60. The number of halogens is 1. The Kier molecular flexibility index (Phi) is 3.16. The van der Waals surface area contributed by atoms with E-state index < -0.39 is 5.95 Å². The van der Waals surface area contributed by atoms with Crippen LogP contribution in [-0.2, 0) is 0 Å². The molecule has 98 valence electrons. The molecule has 2 fully saturated rings. The maximum absolute atomic E-state index is 12.9. The molecular weight excluding hydrogens is 231 g/mol. The molecule has 1 N–H and O–H groups in total. The Bertz CT molecular complexity index is 411. The fraction of sp³-hybridized carbons (Fsp3) is 0.692. The zero-order chi connectivity index (χ0) is 12.5. The van der Waals surface area contributed by atoms with Gasteiger partial charge in [0.25, 0.3) is 0 Å². The van der Waals surface area contributed by atoms with Crippen LogP contribution in [0.2, 0.25) is 0 Å². The number of nitrogens with one attached hydrogen (secondary N) is 1. The van der Waals surface area contributed by atoms with Gasteiger partial charge in [-0.2, -0.15) is 4.39 Å². The van der Waals surface area contributed by atoms with Gasteiger partial charge in [0, 0.05) is 24.7 Å². The highest BCUT2D eigenvalue weighted by Crippen LogP contribution is 2.37. The van der Waals surface area contributed by atoms with Gasteiger partial charge in [0.2, 0.25) is 5.95 Å². The van der Waals surface area contributed by atoms with Gasteiger partial charge in [-0.25, -0.2) is 9.97 Å². The lowest BCUT2D eigenvalue weighted by atomic mass is 9.91. The second-order valence-corrected chi connectivity index (χ2v) is 5.49. The molecule has 2 aliphatic rings. The van der Waals surface area contributed by atoms with E-state index in [1.165, 1.54) is 38.1 Å². The molecule has 3 rings (SSSR count). The highest BCUT2D eigenvalue weighted by Gasteiger charge is 2.38. The third-order valence-electron chi connectivity index (χ3n) is 4.40. The number of hydrogen-bond donors (Lipinski definition) is 1. The first kappa shape index (κ1) is 11.8. The van der Waals surface area contributed by atoms with Crippen LogP contribution in [0.1, 0.15) is 25.7 Å². The standard InChI is InChI=1S/C13H19FN4/c1-18-10-2-3-11(18)5-9(4-10)7-15-13-6-12(14)16-8-17-13/h6,8-11H,2-5,7H2,1H3,(H,15,16,17). The van der Waals surface area contributed by atoms with Gasteiger partial charge in [-0.15, -0.1) is 0 Å². The highest BCUT2D eigenvalue weighted by molar-refractivity contribution is 5.32. The predicted molar refractivity (Wildman–Crippen MR) is 67.8 cm³/mol. The molecule has 0 aliphatic carbocycles. The molecule has 1 aromatic heterocycles. The lowest BCUT2D eigenvalue weighted by molar-refractivity contribution is 0.139. The topological polar surface area (TPSA) is 41.0 Å². The van der Waals surface area contributed by atoms with Crippen LogP contribution >= 0.6 is 0 Å². The Balaban J connectivity index is 1.55. The minimum absolute atomic E-state index is 0.476. The number of nitrogens with zero attached hydrogens (tertiary/aromatic N) is 3. The third kappa shape index (κ3) is 2.32. The fourth-order valence-corrected chi connectivity index (χ4v) is 3.37. The van der Waals surface area contributed by atoms with Gasteiger partial charge in [-0.3, -0.25) is 0 Å². The first-order chi connectivity index (χ1) is 8.72. The number of anilines is 1. The summed E-state index contributed by atoms with van der Waals surface area (Å²) in [5.74, 6) is 0.793. The summed E-state index contributed by atoms with van der Waals surface area (Å²) in [6, 6.07) is 2.85. The highest BCUT2D eigenvalue weighted by atomic mass is 19.1. The number of aromatic nitrogens is 2. The molecule has 3 heterocycles. The van der Waals surface area contributed by atoms with Crippen LogP contribution in [0, 0.1) is 11.9 Å². The molecular formula is C13H19FN4. The Morgan fingerprint density at radius 2 is 2.06 bits per heavy atom. The second-order valence-electron chi connectivity index (χ2n) is 5.49. The second kappa shape index (κ2) is 4.80. The van der Waals surface area contributed by atoms with E-state index in [2.05, 4.69) is 27.2 Å². The lowest BCUT2D eigenvalue weighted by Gasteiger charge is -2.36. The summed E-state index contributed by atoms with van der Waals surface area (Å²) in [6.07, 6.45) is 6.41. The molecule has 4 nitrogen and oxygen atoms in total. The maximum atomic E-state index is 12.9. The third-order valence-corrected chi connectivity index (χ3v) is 4.40. The van der Waals surface area contributed by atoms with Crippen LogP contribution < -0.4 is 5.32 Å². The SMILES string of the molecule is CN1C2CCC1CC(CNc1cc(F)ncn1)C2. The van der Waals surface area contributed by atoms with Crippen LogP contribution in [0.25, 0.3) is 0 Å². The molecule has 1 aromatic rings. The van der Waals surface area contributed by atoms with Crippen molar-refractivity contribution in [1.82, 2.24) is 14.9 Å². The van der Waals surface area contributed by atoms with Gasteiger partial charge >= 0.3 is 0 Å². The molecule has 2 atom stereocenters. The minimum Gasteiger partial charge on any atom is -0.370 e. The van der Waals surface area contributed by atoms with Crippen molar-refractivity contribution in [2.75, 3.05) is 18.9 Å². The smallest absolute Gasteiger partial charge is 0.217 e. The van der Waals surface area contributed by atoms with Crippen molar-refractivity contribution >= 4 is 5.82 Å². The number of piperidine rings is 1. The Morgan fingerprint density at radius 3 is 2.72 bits per heavy atom. The van der Waals surface area contributed by atoms with E-state index in [-0.39, 0.29) is 0 Å². The zero-order valence-corrected chi connectivity index (χ0v) is 10.6. The zero-order valence-electron chi connectivity index (χ0n) is 10.6. The number of hydrogen-bond acceptors (Lipinski definition) is 4. The van der Waals surface area contributed by atoms with Crippen molar-refractivity contribution in [3.05, 3.63) is 18.3 Å². The van der Waals surface area contributed by atoms with Crippen LogP contribution in [0.15, 0.2) is 12.4 Å². The maximum Gasteiger partial charge on any atom is 0.217 e. The quantitative estimate of drug-likeness (QED) is 0.832. The summed E-state index contributed by atoms with van der Waals surface area (Å²) in [4.78, 5) is 10.0. The van der Waals surface area contributed by atoms with Gasteiger partial charge < -0.3 is 10.2 Å². The molecule has 2 aliphatic heterocycles. The van der Waals surface area contributed by atoms with E-state index in [1.807, 2.05) is 0 Å². The van der Waals surface area contributed by atoms with Crippen molar-refractivity contribution in [2.45, 2.75) is 37.8 Å². The van der Waals surface area contributed by atoms with Gasteiger partial charge in [0.05, 0.1) is 0 Å². The van der Waals surface area contributed by atoms with Gasteiger partial charge in [-0.05, 0) is 38.6 Å². The van der Waals surface area contributed by atoms with E-state index in [9.17, 15) is 4.39 Å². The van der Waals surface area contributed by atoms with Crippen LogP contribution in [0.3, 0.4) is 0 Å². The predicted octanol–water partition coefficient (Wildman–Crippen LogP) is 1.90. The lowest BCUT2D eigenvalue weighted by Crippen LogP contribution is -2.41. The van der Waals surface area contributed by atoms with Crippen molar-refractivity contribution in [3.8, 4) is 0 Å². The van der Waals surface area contributed by atoms with Crippen molar-refractivity contribution < 1.29 is 4.39 Å². The Labute approximate surface area is 107 Å². The summed E-state index contributed by atoms with van der Waals surface area (Å²) < 4.78 is 12.9. The largest absolute Gasteiger partial charge is 0.370 e. The van der Waals surface area contributed by atoms with Gasteiger partial charge in [0.1, 0.15) is 12.1 Å². The van der Waals surface area contributed by atoms with Crippen LogP contribution in [-0.4, -0.2) is 40.5 Å². The molecule has 0 amide bonds. The summed E-state index contributed by atoms with van der Waals surface area (Å²) in [5.41, 5.74) is 0. The van der Waals surface area contributed by atoms with Crippen LogP contribution in [0.4, 0.5) is 10.2 Å². The summed E-state index contributed by atoms with van der Waals surface area (Å²) in [5, 5.41) is 3.23. The number of fused-ring (bicyclic) bond motifs is 2. The minimum atomic E-state index is -0.476. The Hall–Kier alpha value is -1.23. The van der Waals surface area contributed by atoms with Gasteiger partial charge in [0.15, 0.2) is 0 Å². The molecule has 18 heavy (non-hydrogen) atoms. The van der Waals surface area contributed by atoms with Crippen molar-refractivity contribution in [1.29, 1.82) is 0 Å². The molecule has 2 saturated heterocycles. The molecule has 0 radical (unpaired) electrons. The number of rotatable bonds is 3. The summed E-state index contributed by atoms with van der Waals surface area (Å²) >= 11 is 0. The summed E-state index contributed by atoms with van der Waals surface area (Å²) in [6.45, 7) is 0.886. The van der Waals surface area contributed by atoms with Crippen molar-refractivity contribution in [2.24, 2.45) is 5.92 Å². The summed E-state index contributed by atoms with van der Waals surface area (Å²) in [7, 11) is 2.24. The van der Waals surface area contributed by atoms with Gasteiger partial charge in [-0.1, -0.05) is 0 Å². The molecule has 0 saturated carbocycles. The van der Waals surface area contributed by atoms with E-state index in [4.69, 9.17) is 0 Å². The fourth-order valence-electron chi connectivity index (χ4n) is 3.37.